The lowest BCUT2D eigenvalue weighted by atomic mass is 9.94. The van der Waals surface area contributed by atoms with Crippen molar-refractivity contribution in [2.75, 3.05) is 26.3 Å². The lowest BCUT2D eigenvalue weighted by Gasteiger charge is -2.32. The van der Waals surface area contributed by atoms with Crippen molar-refractivity contribution in [3.8, 4) is 11.5 Å². The predicted molar refractivity (Wildman–Crippen MR) is 83.9 cm³/mol. The molecule has 1 atom stereocenters. The molecule has 3 heterocycles. The number of carbonyl (C=O) groups is 1. The van der Waals surface area contributed by atoms with Crippen LogP contribution in [-0.4, -0.2) is 47.3 Å². The van der Waals surface area contributed by atoms with Crippen molar-refractivity contribution in [3.05, 3.63) is 41.7 Å². The van der Waals surface area contributed by atoms with Crippen LogP contribution in [0, 0.1) is 0 Å². The largest absolute Gasteiger partial charge is 0.486 e. The number of nitrogens with zero attached hydrogens (tertiary/aromatic N) is 2. The van der Waals surface area contributed by atoms with E-state index in [-0.39, 0.29) is 5.91 Å². The summed E-state index contributed by atoms with van der Waals surface area (Å²) in [5.41, 5.74) is 1.75. The van der Waals surface area contributed by atoms with E-state index in [4.69, 9.17) is 9.47 Å². The fourth-order valence-electron chi connectivity index (χ4n) is 3.27. The highest BCUT2D eigenvalue weighted by Gasteiger charge is 2.27. The average Bonchev–Trinajstić information content (AvgIpc) is 3.15. The minimum Gasteiger partial charge on any atom is -0.486 e. The highest BCUT2D eigenvalue weighted by Crippen LogP contribution is 2.32. The molecule has 2 aliphatic heterocycles. The van der Waals surface area contributed by atoms with Gasteiger partial charge in [-0.15, -0.1) is 0 Å². The van der Waals surface area contributed by atoms with Gasteiger partial charge in [-0.3, -0.25) is 9.89 Å². The van der Waals surface area contributed by atoms with Gasteiger partial charge in [0.05, 0.1) is 0 Å². The summed E-state index contributed by atoms with van der Waals surface area (Å²) in [6.07, 6.45) is 3.84. The number of aromatic nitrogens is 2. The number of rotatable bonds is 2. The van der Waals surface area contributed by atoms with Crippen LogP contribution in [0.5, 0.6) is 11.5 Å². The second-order valence-corrected chi connectivity index (χ2v) is 5.96. The van der Waals surface area contributed by atoms with Gasteiger partial charge in [-0.05, 0) is 37.1 Å². The molecule has 6 heteroatoms. The summed E-state index contributed by atoms with van der Waals surface area (Å²) in [6.45, 7) is 2.59. The average molecular weight is 313 g/mol. The summed E-state index contributed by atoms with van der Waals surface area (Å²) in [5, 5.41) is 7.04. The van der Waals surface area contributed by atoms with E-state index in [0.717, 1.165) is 31.6 Å². The van der Waals surface area contributed by atoms with Crippen molar-refractivity contribution in [1.29, 1.82) is 0 Å². The quantitative estimate of drug-likeness (QED) is 0.923. The molecule has 1 fully saturated rings. The number of hydrogen-bond donors (Lipinski definition) is 1. The Bertz CT molecular complexity index is 699. The van der Waals surface area contributed by atoms with Crippen LogP contribution in [0.25, 0.3) is 0 Å². The number of benzene rings is 1. The zero-order chi connectivity index (χ0) is 15.6. The van der Waals surface area contributed by atoms with Crippen LogP contribution in [0.15, 0.2) is 30.5 Å². The number of amides is 1. The number of nitrogens with one attached hydrogen (secondary N) is 1. The molecule has 4 rings (SSSR count). The molecular formula is C17H19N3O3. The lowest BCUT2D eigenvalue weighted by Crippen LogP contribution is -2.39. The van der Waals surface area contributed by atoms with E-state index < -0.39 is 0 Å². The third-order valence-electron chi connectivity index (χ3n) is 4.46. The van der Waals surface area contributed by atoms with Crippen molar-refractivity contribution < 1.29 is 14.3 Å². The highest BCUT2D eigenvalue weighted by molar-refractivity contribution is 5.95. The van der Waals surface area contributed by atoms with E-state index in [2.05, 4.69) is 10.2 Å². The number of fused-ring (bicyclic) bond motifs is 1. The molecule has 120 valence electrons. The van der Waals surface area contributed by atoms with Crippen molar-refractivity contribution >= 4 is 5.91 Å². The minimum absolute atomic E-state index is 0.0474. The van der Waals surface area contributed by atoms with Gasteiger partial charge in [0.15, 0.2) is 11.5 Å². The molecular weight excluding hydrogens is 294 g/mol. The van der Waals surface area contributed by atoms with Gasteiger partial charge < -0.3 is 14.4 Å². The predicted octanol–water partition coefficient (Wildman–Crippen LogP) is 2.20. The Hall–Kier alpha value is -2.50. The maximum atomic E-state index is 12.8. The van der Waals surface area contributed by atoms with Gasteiger partial charge >= 0.3 is 0 Å². The Balaban J connectivity index is 1.52. The van der Waals surface area contributed by atoms with Crippen LogP contribution < -0.4 is 9.47 Å². The second-order valence-electron chi connectivity index (χ2n) is 5.96. The molecule has 0 bridgehead atoms. The third kappa shape index (κ3) is 2.76. The van der Waals surface area contributed by atoms with E-state index >= 15 is 0 Å². The molecule has 0 spiro atoms. The Morgan fingerprint density at radius 2 is 2.09 bits per heavy atom. The summed E-state index contributed by atoms with van der Waals surface area (Å²) in [5.74, 6) is 1.74. The van der Waals surface area contributed by atoms with Crippen molar-refractivity contribution in [1.82, 2.24) is 15.1 Å². The van der Waals surface area contributed by atoms with Gasteiger partial charge in [-0.1, -0.05) is 0 Å². The molecule has 0 aliphatic carbocycles. The first kappa shape index (κ1) is 14.1. The van der Waals surface area contributed by atoms with Crippen LogP contribution in [-0.2, 0) is 0 Å². The van der Waals surface area contributed by atoms with Gasteiger partial charge in [-0.25, -0.2) is 0 Å². The minimum atomic E-state index is 0.0474. The van der Waals surface area contributed by atoms with Crippen LogP contribution in [0.4, 0.5) is 0 Å². The first-order valence-electron chi connectivity index (χ1n) is 7.99. The molecule has 1 aromatic carbocycles. The van der Waals surface area contributed by atoms with E-state index in [0.29, 0.717) is 36.2 Å². The number of H-pyrrole nitrogens is 1. The van der Waals surface area contributed by atoms with Gasteiger partial charge in [0.1, 0.15) is 13.2 Å². The lowest BCUT2D eigenvalue weighted by molar-refractivity contribution is 0.0704. The van der Waals surface area contributed by atoms with E-state index in [1.807, 2.05) is 23.1 Å². The normalized spacial score (nSPS) is 20.3. The van der Waals surface area contributed by atoms with Crippen molar-refractivity contribution in [2.24, 2.45) is 0 Å². The molecule has 1 aromatic heterocycles. The zero-order valence-corrected chi connectivity index (χ0v) is 12.8. The summed E-state index contributed by atoms with van der Waals surface area (Å²) in [4.78, 5) is 14.7. The van der Waals surface area contributed by atoms with Crippen LogP contribution >= 0.6 is 0 Å². The summed E-state index contributed by atoms with van der Waals surface area (Å²) in [6, 6.07) is 7.41. The SMILES string of the molecule is O=C(c1ccc2c(c1)OCCO2)N1CCC[C@@H](c2ccn[nH]2)C1. The van der Waals surface area contributed by atoms with E-state index in [9.17, 15) is 4.79 Å². The van der Waals surface area contributed by atoms with E-state index in [1.165, 1.54) is 0 Å². The fourth-order valence-corrected chi connectivity index (χ4v) is 3.27. The maximum absolute atomic E-state index is 12.8. The third-order valence-corrected chi connectivity index (χ3v) is 4.46. The molecule has 6 nitrogen and oxygen atoms in total. The molecule has 1 N–H and O–H groups in total. The van der Waals surface area contributed by atoms with Gasteiger partial charge in [0.2, 0.25) is 0 Å². The van der Waals surface area contributed by atoms with Crippen LogP contribution in [0.1, 0.15) is 34.8 Å². The summed E-state index contributed by atoms with van der Waals surface area (Å²) >= 11 is 0. The molecule has 1 amide bonds. The standard InChI is InChI=1S/C17H19N3O3/c21-17(12-3-4-15-16(10-12)23-9-8-22-15)20-7-1-2-13(11-20)14-5-6-18-19-14/h3-6,10,13H,1-2,7-9,11H2,(H,18,19)/t13-/m1/s1. The number of aromatic amines is 1. The summed E-state index contributed by atoms with van der Waals surface area (Å²) < 4.78 is 11.1. The van der Waals surface area contributed by atoms with E-state index in [1.54, 1.807) is 12.3 Å². The molecule has 2 aliphatic rings. The zero-order valence-electron chi connectivity index (χ0n) is 12.8. The van der Waals surface area contributed by atoms with Crippen LogP contribution in [0.2, 0.25) is 0 Å². The van der Waals surface area contributed by atoms with Gasteiger partial charge in [-0.2, -0.15) is 5.10 Å². The summed E-state index contributed by atoms with van der Waals surface area (Å²) in [7, 11) is 0. The Kier molecular flexibility index (Phi) is 3.65. The topological polar surface area (TPSA) is 67.5 Å². The first-order valence-corrected chi connectivity index (χ1v) is 7.99. The smallest absolute Gasteiger partial charge is 0.254 e. The van der Waals surface area contributed by atoms with Gasteiger partial charge in [0, 0.05) is 36.5 Å². The molecule has 0 saturated carbocycles. The molecule has 23 heavy (non-hydrogen) atoms. The number of hydrogen-bond acceptors (Lipinski definition) is 4. The Morgan fingerprint density at radius 3 is 2.91 bits per heavy atom. The number of carbonyl (C=O) groups excluding carboxylic acids is 1. The number of likely N-dealkylation sites (tertiary alicyclic amines) is 1. The molecule has 0 unspecified atom stereocenters. The highest BCUT2D eigenvalue weighted by atomic mass is 16.6. The number of piperidine rings is 1. The monoisotopic (exact) mass is 313 g/mol. The first-order chi connectivity index (χ1) is 11.3. The molecule has 0 radical (unpaired) electrons. The maximum Gasteiger partial charge on any atom is 0.254 e. The Morgan fingerprint density at radius 1 is 1.22 bits per heavy atom. The van der Waals surface area contributed by atoms with Crippen molar-refractivity contribution in [3.63, 3.8) is 0 Å². The number of ether oxygens (including phenoxy) is 2. The van der Waals surface area contributed by atoms with Gasteiger partial charge in [0.25, 0.3) is 5.91 Å². The molecule has 2 aromatic rings. The Labute approximate surface area is 134 Å². The fraction of sp³-hybridized carbons (Fsp3) is 0.412. The molecule has 1 saturated heterocycles. The second kappa shape index (κ2) is 5.95. The van der Waals surface area contributed by atoms with Crippen LogP contribution in [0.3, 0.4) is 0 Å². The van der Waals surface area contributed by atoms with Crippen molar-refractivity contribution in [2.45, 2.75) is 18.8 Å².